The number of allylic oxidation sites excluding steroid dienone is 1. The summed E-state index contributed by atoms with van der Waals surface area (Å²) < 4.78 is 18.5. The van der Waals surface area contributed by atoms with Crippen molar-refractivity contribution in [3.63, 3.8) is 0 Å². The fraction of sp³-hybridized carbons (Fsp3) is 0.125. The van der Waals surface area contributed by atoms with Gasteiger partial charge in [0.1, 0.15) is 11.9 Å². The maximum atomic E-state index is 13.2. The van der Waals surface area contributed by atoms with Gasteiger partial charge in [0, 0.05) is 26.7 Å². The number of carbonyl (C=O) groups is 1. The molecule has 0 saturated heterocycles. The molecule has 2 aliphatic rings. The summed E-state index contributed by atoms with van der Waals surface area (Å²) >= 11 is 3.49. The lowest BCUT2D eigenvalue weighted by Gasteiger charge is -2.29. The molecule has 144 valence electrons. The van der Waals surface area contributed by atoms with E-state index in [4.69, 9.17) is 14.2 Å². The summed E-state index contributed by atoms with van der Waals surface area (Å²) in [6, 6.07) is 19.3. The summed E-state index contributed by atoms with van der Waals surface area (Å²) in [5.41, 5.74) is 4.76. The van der Waals surface area contributed by atoms with Crippen LogP contribution in [0.15, 0.2) is 65.1 Å². The maximum absolute atomic E-state index is 13.2. The van der Waals surface area contributed by atoms with Gasteiger partial charge in [-0.15, -0.1) is 0 Å². The van der Waals surface area contributed by atoms with E-state index in [1.54, 1.807) is 14.2 Å². The van der Waals surface area contributed by atoms with Crippen molar-refractivity contribution in [1.29, 1.82) is 0 Å². The Hall–Kier alpha value is -3.05. The van der Waals surface area contributed by atoms with E-state index in [2.05, 4.69) is 15.9 Å². The molecule has 1 atom stereocenters. The van der Waals surface area contributed by atoms with Gasteiger partial charge in [-0.3, -0.25) is 4.79 Å². The van der Waals surface area contributed by atoms with Gasteiger partial charge < -0.3 is 14.2 Å². The van der Waals surface area contributed by atoms with Gasteiger partial charge in [0.15, 0.2) is 17.3 Å². The standard InChI is InChI=1S/C24H17BrO4/c1-27-19-11-17-18(12-20(19)28-2)23(13-7-9-14(25)10-8-13)29-24-16-6-4-3-5-15(16)22(26)21(17)24/h3-12,23H,1-2H3/t23-/m0/s1. The Balaban J connectivity index is 1.78. The molecular weight excluding hydrogens is 432 g/mol. The molecule has 0 unspecified atom stereocenters. The number of halogens is 1. The number of ketones is 1. The van der Waals surface area contributed by atoms with Crippen LogP contribution in [-0.2, 0) is 4.74 Å². The Morgan fingerprint density at radius 2 is 1.52 bits per heavy atom. The summed E-state index contributed by atoms with van der Waals surface area (Å²) in [5.74, 6) is 1.78. The normalized spacial score (nSPS) is 16.7. The summed E-state index contributed by atoms with van der Waals surface area (Å²) in [6.07, 6.45) is -0.365. The van der Waals surface area contributed by atoms with Crippen LogP contribution in [0.1, 0.15) is 38.7 Å². The van der Waals surface area contributed by atoms with E-state index in [1.807, 2.05) is 60.7 Å². The molecule has 5 heteroatoms. The van der Waals surface area contributed by atoms with Gasteiger partial charge in [0.05, 0.1) is 19.8 Å². The Bertz CT molecular complexity index is 1180. The maximum Gasteiger partial charge on any atom is 0.198 e. The average Bonchev–Trinajstić information content (AvgIpc) is 3.05. The lowest BCUT2D eigenvalue weighted by molar-refractivity contribution is 0.105. The SMILES string of the molecule is COc1cc2c(cc1OC)[C@H](c1ccc(Br)cc1)OC1=C2C(=O)c2ccccc21. The number of methoxy groups -OCH3 is 2. The fourth-order valence-electron chi connectivity index (χ4n) is 4.01. The van der Waals surface area contributed by atoms with Crippen molar-refractivity contribution in [3.05, 3.63) is 93.0 Å². The Morgan fingerprint density at radius 1 is 0.862 bits per heavy atom. The molecule has 0 N–H and O–H groups in total. The van der Waals surface area contributed by atoms with E-state index in [9.17, 15) is 4.79 Å². The Morgan fingerprint density at radius 3 is 2.21 bits per heavy atom. The van der Waals surface area contributed by atoms with Crippen LogP contribution in [0.2, 0.25) is 0 Å². The number of ether oxygens (including phenoxy) is 3. The summed E-state index contributed by atoms with van der Waals surface area (Å²) in [4.78, 5) is 13.2. The van der Waals surface area contributed by atoms with Crippen LogP contribution >= 0.6 is 15.9 Å². The number of rotatable bonds is 3. The average molecular weight is 449 g/mol. The van der Waals surface area contributed by atoms with Crippen molar-refractivity contribution in [2.45, 2.75) is 6.10 Å². The lowest BCUT2D eigenvalue weighted by atomic mass is 9.88. The van der Waals surface area contributed by atoms with Crippen LogP contribution in [0.25, 0.3) is 11.3 Å². The second-order valence-electron chi connectivity index (χ2n) is 6.92. The molecule has 3 aromatic carbocycles. The molecule has 4 nitrogen and oxygen atoms in total. The third kappa shape index (κ3) is 2.69. The second kappa shape index (κ2) is 6.78. The third-order valence-electron chi connectivity index (χ3n) is 5.39. The zero-order valence-electron chi connectivity index (χ0n) is 15.9. The monoisotopic (exact) mass is 448 g/mol. The molecular formula is C24H17BrO4. The third-order valence-corrected chi connectivity index (χ3v) is 5.92. The van der Waals surface area contributed by atoms with Gasteiger partial charge in [0.25, 0.3) is 0 Å². The van der Waals surface area contributed by atoms with Crippen LogP contribution in [-0.4, -0.2) is 20.0 Å². The highest BCUT2D eigenvalue weighted by atomic mass is 79.9. The van der Waals surface area contributed by atoms with Crippen LogP contribution in [0.5, 0.6) is 11.5 Å². The number of fused-ring (bicyclic) bond motifs is 4. The topological polar surface area (TPSA) is 44.8 Å². The Labute approximate surface area is 176 Å². The number of Topliss-reactive ketones (excluding diaryl/α,β-unsaturated/α-hetero) is 1. The van der Waals surface area contributed by atoms with Gasteiger partial charge in [-0.1, -0.05) is 52.3 Å². The summed E-state index contributed by atoms with van der Waals surface area (Å²) in [5, 5.41) is 0. The number of carbonyl (C=O) groups excluding carboxylic acids is 1. The Kier molecular flexibility index (Phi) is 4.21. The first-order chi connectivity index (χ1) is 14.1. The number of hydrogen-bond acceptors (Lipinski definition) is 4. The molecule has 0 aromatic heterocycles. The van der Waals surface area contributed by atoms with Crippen molar-refractivity contribution >= 4 is 33.0 Å². The minimum absolute atomic E-state index is 0.0293. The van der Waals surface area contributed by atoms with Gasteiger partial charge >= 0.3 is 0 Å². The highest BCUT2D eigenvalue weighted by Crippen LogP contribution is 2.51. The highest BCUT2D eigenvalue weighted by Gasteiger charge is 2.40. The van der Waals surface area contributed by atoms with E-state index in [0.717, 1.165) is 26.7 Å². The fourth-order valence-corrected chi connectivity index (χ4v) is 4.28. The first-order valence-corrected chi connectivity index (χ1v) is 9.98. The van der Waals surface area contributed by atoms with Gasteiger partial charge in [0.2, 0.25) is 0 Å². The number of benzene rings is 3. The van der Waals surface area contributed by atoms with E-state index < -0.39 is 0 Å². The molecule has 0 saturated carbocycles. The smallest absolute Gasteiger partial charge is 0.198 e. The minimum Gasteiger partial charge on any atom is -0.493 e. The van der Waals surface area contributed by atoms with Crippen molar-refractivity contribution in [2.24, 2.45) is 0 Å². The van der Waals surface area contributed by atoms with Crippen LogP contribution < -0.4 is 9.47 Å². The van der Waals surface area contributed by atoms with Crippen LogP contribution in [0, 0.1) is 0 Å². The van der Waals surface area contributed by atoms with Gasteiger partial charge in [-0.05, 0) is 29.8 Å². The van der Waals surface area contributed by atoms with Crippen LogP contribution in [0.4, 0.5) is 0 Å². The molecule has 0 amide bonds. The molecule has 1 heterocycles. The summed E-state index contributed by atoms with van der Waals surface area (Å²) in [6.45, 7) is 0. The van der Waals surface area contributed by atoms with E-state index in [0.29, 0.717) is 28.4 Å². The lowest BCUT2D eigenvalue weighted by Crippen LogP contribution is -2.15. The summed E-state index contributed by atoms with van der Waals surface area (Å²) in [7, 11) is 3.19. The largest absolute Gasteiger partial charge is 0.493 e. The first-order valence-electron chi connectivity index (χ1n) is 9.19. The van der Waals surface area contributed by atoms with Gasteiger partial charge in [-0.25, -0.2) is 0 Å². The zero-order chi connectivity index (χ0) is 20.1. The second-order valence-corrected chi connectivity index (χ2v) is 7.84. The van der Waals surface area contributed by atoms with Crippen molar-refractivity contribution < 1.29 is 19.0 Å². The van der Waals surface area contributed by atoms with E-state index in [-0.39, 0.29) is 11.9 Å². The zero-order valence-corrected chi connectivity index (χ0v) is 17.4. The van der Waals surface area contributed by atoms with E-state index >= 15 is 0 Å². The quantitative estimate of drug-likeness (QED) is 0.519. The first kappa shape index (κ1) is 18.0. The molecule has 5 rings (SSSR count). The molecule has 0 spiro atoms. The molecule has 0 radical (unpaired) electrons. The predicted octanol–water partition coefficient (Wildman–Crippen LogP) is 5.65. The molecule has 0 bridgehead atoms. The minimum atomic E-state index is -0.365. The number of hydrogen-bond donors (Lipinski definition) is 0. The predicted molar refractivity (Wildman–Crippen MR) is 114 cm³/mol. The highest BCUT2D eigenvalue weighted by molar-refractivity contribution is 9.10. The molecule has 0 fully saturated rings. The van der Waals surface area contributed by atoms with Gasteiger partial charge in [-0.2, -0.15) is 0 Å². The van der Waals surface area contributed by atoms with Crippen molar-refractivity contribution in [2.75, 3.05) is 14.2 Å². The van der Waals surface area contributed by atoms with Crippen LogP contribution in [0.3, 0.4) is 0 Å². The molecule has 1 aliphatic carbocycles. The molecule has 1 aliphatic heterocycles. The molecule has 29 heavy (non-hydrogen) atoms. The van der Waals surface area contributed by atoms with E-state index in [1.165, 1.54) is 0 Å². The molecule has 3 aromatic rings. The van der Waals surface area contributed by atoms with Crippen molar-refractivity contribution in [1.82, 2.24) is 0 Å². The van der Waals surface area contributed by atoms with Crippen molar-refractivity contribution in [3.8, 4) is 11.5 Å².